The first-order valence-electron chi connectivity index (χ1n) is 5.63. The van der Waals surface area contributed by atoms with Gasteiger partial charge in [-0.3, -0.25) is 0 Å². The van der Waals surface area contributed by atoms with E-state index in [0.29, 0.717) is 6.54 Å². The molecule has 0 amide bonds. The Morgan fingerprint density at radius 3 is 2.53 bits per heavy atom. The van der Waals surface area contributed by atoms with Crippen molar-refractivity contribution in [2.24, 2.45) is 0 Å². The minimum Gasteiger partial charge on any atom is -0.368 e. The maximum absolute atomic E-state index is 13.7. The molecule has 0 saturated carbocycles. The quantitative estimate of drug-likeness (QED) is 0.869. The Bertz CT molecular complexity index is 576. The summed E-state index contributed by atoms with van der Waals surface area (Å²) in [6.07, 6.45) is 0. The molecular weight excluding hydrogens is 334 g/mol. The van der Waals surface area contributed by atoms with Crippen molar-refractivity contribution in [3.8, 4) is 0 Å². The van der Waals surface area contributed by atoms with Crippen molar-refractivity contribution >= 4 is 33.5 Å². The molecule has 0 saturated heterocycles. The predicted octanol–water partition coefficient (Wildman–Crippen LogP) is 4.71. The second-order valence-corrected chi connectivity index (χ2v) is 5.67. The van der Waals surface area contributed by atoms with Gasteiger partial charge in [0, 0.05) is 22.0 Å². The summed E-state index contributed by atoms with van der Waals surface area (Å²) in [6.45, 7) is 2.35. The summed E-state index contributed by atoms with van der Waals surface area (Å²) in [7, 11) is 0. The third kappa shape index (κ3) is 3.67. The molecule has 0 aliphatic heterocycles. The van der Waals surface area contributed by atoms with Gasteiger partial charge in [-0.25, -0.2) is 13.8 Å². The highest BCUT2D eigenvalue weighted by molar-refractivity contribution is 9.10. The fourth-order valence-electron chi connectivity index (χ4n) is 1.43. The topological polar surface area (TPSA) is 24.9 Å². The molecule has 19 heavy (non-hydrogen) atoms. The first kappa shape index (κ1) is 14.3. The Morgan fingerprint density at radius 2 is 1.89 bits per heavy atom. The predicted molar refractivity (Wildman–Crippen MR) is 76.6 cm³/mol. The summed E-state index contributed by atoms with van der Waals surface area (Å²) in [5, 5.41) is 2.92. The first-order chi connectivity index (χ1) is 9.10. The zero-order valence-electron chi connectivity index (χ0n) is 10.1. The molecule has 0 aliphatic carbocycles. The van der Waals surface area contributed by atoms with E-state index < -0.39 is 11.6 Å². The number of aromatic nitrogens is 1. The van der Waals surface area contributed by atoms with E-state index in [-0.39, 0.29) is 10.8 Å². The van der Waals surface area contributed by atoms with E-state index in [9.17, 15) is 8.78 Å². The summed E-state index contributed by atoms with van der Waals surface area (Å²) < 4.78 is 28.0. The lowest BCUT2D eigenvalue weighted by Crippen LogP contribution is -2.04. The molecule has 0 bridgehead atoms. The Balaban J connectivity index is 2.28. The number of halogens is 3. The minimum absolute atomic E-state index is 0.0727. The van der Waals surface area contributed by atoms with Crippen molar-refractivity contribution in [2.75, 3.05) is 11.9 Å². The number of rotatable bonds is 4. The number of nitrogens with zero attached hydrogens (tertiary/aromatic N) is 1. The van der Waals surface area contributed by atoms with E-state index in [2.05, 4.69) is 26.2 Å². The second kappa shape index (κ2) is 6.34. The van der Waals surface area contributed by atoms with Crippen LogP contribution in [0.25, 0.3) is 0 Å². The van der Waals surface area contributed by atoms with Crippen molar-refractivity contribution in [2.45, 2.75) is 16.8 Å². The molecule has 0 spiro atoms. The van der Waals surface area contributed by atoms with Crippen LogP contribution in [0, 0.1) is 11.6 Å². The van der Waals surface area contributed by atoms with Crippen LogP contribution in [0.4, 0.5) is 14.6 Å². The van der Waals surface area contributed by atoms with Crippen LogP contribution in [0.15, 0.2) is 44.7 Å². The van der Waals surface area contributed by atoms with Gasteiger partial charge >= 0.3 is 0 Å². The molecule has 1 aromatic carbocycles. The molecular formula is C13H11BrF2N2S. The third-order valence-electron chi connectivity index (χ3n) is 2.27. The standard InChI is InChI=1S/C13H11BrF2N2S/c1-2-17-12-10(15)7-11(16)13(18-12)19-9-5-3-8(14)4-6-9/h3-7H,2H2,1H3,(H,17,18). The molecule has 0 radical (unpaired) electrons. The zero-order valence-corrected chi connectivity index (χ0v) is 12.5. The van der Waals surface area contributed by atoms with Gasteiger partial charge < -0.3 is 5.32 Å². The highest BCUT2D eigenvalue weighted by atomic mass is 79.9. The van der Waals surface area contributed by atoms with Gasteiger partial charge in [-0.05, 0) is 31.2 Å². The van der Waals surface area contributed by atoms with Crippen LogP contribution in [0.2, 0.25) is 0 Å². The fourth-order valence-corrected chi connectivity index (χ4v) is 2.48. The number of hydrogen-bond donors (Lipinski definition) is 1. The van der Waals surface area contributed by atoms with Gasteiger partial charge in [-0.15, -0.1) is 0 Å². The lowest BCUT2D eigenvalue weighted by molar-refractivity contribution is 0.551. The highest BCUT2D eigenvalue weighted by Crippen LogP contribution is 2.31. The Hall–Kier alpha value is -1.14. The summed E-state index contributed by atoms with van der Waals surface area (Å²) in [5.41, 5.74) is 0. The van der Waals surface area contributed by atoms with Crippen LogP contribution in [-0.4, -0.2) is 11.5 Å². The molecule has 2 rings (SSSR count). The van der Waals surface area contributed by atoms with Gasteiger partial charge in [0.25, 0.3) is 0 Å². The molecule has 0 aliphatic rings. The second-order valence-electron chi connectivity index (χ2n) is 3.69. The van der Waals surface area contributed by atoms with E-state index in [1.807, 2.05) is 31.2 Å². The van der Waals surface area contributed by atoms with Crippen molar-refractivity contribution in [3.05, 3.63) is 46.4 Å². The van der Waals surface area contributed by atoms with Gasteiger partial charge in [0.2, 0.25) is 0 Å². The van der Waals surface area contributed by atoms with E-state index in [0.717, 1.165) is 27.2 Å². The van der Waals surface area contributed by atoms with Crippen LogP contribution < -0.4 is 5.32 Å². The monoisotopic (exact) mass is 344 g/mol. The molecule has 100 valence electrons. The fraction of sp³-hybridized carbons (Fsp3) is 0.154. The zero-order chi connectivity index (χ0) is 13.8. The minimum atomic E-state index is -0.681. The van der Waals surface area contributed by atoms with Gasteiger partial charge in [-0.2, -0.15) is 0 Å². The molecule has 0 fully saturated rings. The van der Waals surface area contributed by atoms with E-state index >= 15 is 0 Å². The van der Waals surface area contributed by atoms with Crippen LogP contribution in [0.3, 0.4) is 0 Å². The lowest BCUT2D eigenvalue weighted by Gasteiger charge is -2.08. The lowest BCUT2D eigenvalue weighted by atomic mass is 10.4. The normalized spacial score (nSPS) is 10.5. The van der Waals surface area contributed by atoms with Gasteiger partial charge in [0.15, 0.2) is 17.5 Å². The van der Waals surface area contributed by atoms with Crippen molar-refractivity contribution in [3.63, 3.8) is 0 Å². The number of anilines is 1. The average molecular weight is 345 g/mol. The molecule has 1 N–H and O–H groups in total. The summed E-state index contributed by atoms with van der Waals surface area (Å²) >= 11 is 4.49. The third-order valence-corrected chi connectivity index (χ3v) is 3.79. The van der Waals surface area contributed by atoms with Crippen LogP contribution in [0.5, 0.6) is 0 Å². The molecule has 2 nitrogen and oxygen atoms in total. The van der Waals surface area contributed by atoms with Crippen LogP contribution >= 0.6 is 27.7 Å². The van der Waals surface area contributed by atoms with Crippen molar-refractivity contribution < 1.29 is 8.78 Å². The largest absolute Gasteiger partial charge is 0.368 e. The van der Waals surface area contributed by atoms with Gasteiger partial charge in [-0.1, -0.05) is 27.7 Å². The Kier molecular flexibility index (Phi) is 4.76. The molecule has 2 aromatic rings. The van der Waals surface area contributed by atoms with E-state index in [1.54, 1.807) is 0 Å². The molecule has 6 heteroatoms. The number of hydrogen-bond acceptors (Lipinski definition) is 3. The first-order valence-corrected chi connectivity index (χ1v) is 7.24. The van der Waals surface area contributed by atoms with E-state index in [1.165, 1.54) is 0 Å². The van der Waals surface area contributed by atoms with Crippen molar-refractivity contribution in [1.82, 2.24) is 4.98 Å². The maximum Gasteiger partial charge on any atom is 0.168 e. The van der Waals surface area contributed by atoms with Crippen LogP contribution in [-0.2, 0) is 0 Å². The summed E-state index contributed by atoms with van der Waals surface area (Å²) in [4.78, 5) is 4.81. The average Bonchev–Trinajstić information content (AvgIpc) is 2.38. The summed E-state index contributed by atoms with van der Waals surface area (Å²) in [5.74, 6) is -1.27. The van der Waals surface area contributed by atoms with E-state index in [4.69, 9.17) is 0 Å². The Morgan fingerprint density at radius 1 is 1.21 bits per heavy atom. The highest BCUT2D eigenvalue weighted by Gasteiger charge is 2.12. The van der Waals surface area contributed by atoms with Gasteiger partial charge in [0.05, 0.1) is 0 Å². The van der Waals surface area contributed by atoms with Crippen molar-refractivity contribution in [1.29, 1.82) is 0 Å². The summed E-state index contributed by atoms with van der Waals surface area (Å²) in [6, 6.07) is 8.24. The molecule has 0 atom stereocenters. The van der Waals surface area contributed by atoms with Gasteiger partial charge in [0.1, 0.15) is 5.03 Å². The molecule has 1 heterocycles. The van der Waals surface area contributed by atoms with Crippen LogP contribution in [0.1, 0.15) is 6.92 Å². The molecule has 0 unspecified atom stereocenters. The SMILES string of the molecule is CCNc1nc(Sc2ccc(Br)cc2)c(F)cc1F. The number of pyridine rings is 1. The number of benzene rings is 1. The maximum atomic E-state index is 13.7. The smallest absolute Gasteiger partial charge is 0.168 e. The number of nitrogens with one attached hydrogen (secondary N) is 1. The Labute approximate surface area is 122 Å². The molecule has 1 aromatic heterocycles.